The lowest BCUT2D eigenvalue weighted by Crippen LogP contribution is -2.54. The molecule has 1 aromatic heterocycles. The van der Waals surface area contributed by atoms with E-state index in [1.54, 1.807) is 0 Å². The second-order valence-corrected chi connectivity index (χ2v) is 7.59. The summed E-state index contributed by atoms with van der Waals surface area (Å²) in [4.78, 5) is 20.9. The van der Waals surface area contributed by atoms with Crippen LogP contribution >= 0.6 is 24.0 Å². The van der Waals surface area contributed by atoms with E-state index in [2.05, 4.69) is 44.4 Å². The van der Waals surface area contributed by atoms with Crippen LogP contribution in [0, 0.1) is 0 Å². The minimum atomic E-state index is 0. The molecule has 8 nitrogen and oxygen atoms in total. The Balaban J connectivity index is 0.00000420. The fourth-order valence-corrected chi connectivity index (χ4v) is 3.78. The highest BCUT2D eigenvalue weighted by molar-refractivity contribution is 14.0. The maximum Gasteiger partial charge on any atom is 0.234 e. The standard InChI is InChI=1S/C20H37N7O.HI/c1-7-17-16(18(8-2)25(6)24-17)13-22-20(21-5)27-11-9-26(10-12-27)14-19(28)23-15(3)4;/h15H,7-14H2,1-6H3,(H,21,22)(H,23,28);1H. The van der Waals surface area contributed by atoms with Gasteiger partial charge in [0.1, 0.15) is 0 Å². The molecule has 1 aliphatic rings. The molecule has 0 bridgehead atoms. The molecular weight excluding hydrogens is 481 g/mol. The van der Waals surface area contributed by atoms with Crippen LogP contribution in [-0.4, -0.2) is 77.3 Å². The van der Waals surface area contributed by atoms with Crippen molar-refractivity contribution in [1.82, 2.24) is 30.2 Å². The van der Waals surface area contributed by atoms with Crippen LogP contribution in [0.4, 0.5) is 0 Å². The van der Waals surface area contributed by atoms with Crippen molar-refractivity contribution in [3.8, 4) is 0 Å². The average molecular weight is 519 g/mol. The molecule has 0 unspecified atom stereocenters. The van der Waals surface area contributed by atoms with Crippen LogP contribution in [0.1, 0.15) is 44.6 Å². The van der Waals surface area contributed by atoms with Crippen molar-refractivity contribution < 1.29 is 4.79 Å². The van der Waals surface area contributed by atoms with Gasteiger partial charge in [0, 0.05) is 64.1 Å². The van der Waals surface area contributed by atoms with Crippen LogP contribution in [0.25, 0.3) is 0 Å². The Hall–Kier alpha value is -1.36. The van der Waals surface area contributed by atoms with Gasteiger partial charge >= 0.3 is 0 Å². The van der Waals surface area contributed by atoms with E-state index >= 15 is 0 Å². The summed E-state index contributed by atoms with van der Waals surface area (Å²) >= 11 is 0. The summed E-state index contributed by atoms with van der Waals surface area (Å²) in [5.74, 6) is 1.01. The number of halogens is 1. The lowest BCUT2D eigenvalue weighted by Gasteiger charge is -2.36. The first kappa shape index (κ1) is 25.7. The van der Waals surface area contributed by atoms with Gasteiger partial charge < -0.3 is 15.5 Å². The highest BCUT2D eigenvalue weighted by Gasteiger charge is 2.22. The van der Waals surface area contributed by atoms with Crippen LogP contribution in [-0.2, 0) is 31.2 Å². The monoisotopic (exact) mass is 519 g/mol. The van der Waals surface area contributed by atoms with Crippen molar-refractivity contribution >= 4 is 35.8 Å². The minimum absolute atomic E-state index is 0. The number of guanidine groups is 1. The summed E-state index contributed by atoms with van der Waals surface area (Å²) in [6.07, 6.45) is 1.90. The van der Waals surface area contributed by atoms with Crippen molar-refractivity contribution in [2.24, 2.45) is 12.0 Å². The highest BCUT2D eigenvalue weighted by Crippen LogP contribution is 2.15. The Morgan fingerprint density at radius 3 is 2.34 bits per heavy atom. The molecule has 1 saturated heterocycles. The average Bonchev–Trinajstić information content (AvgIpc) is 2.97. The third-order valence-electron chi connectivity index (χ3n) is 5.15. The van der Waals surface area contributed by atoms with Crippen molar-refractivity contribution in [1.29, 1.82) is 0 Å². The Labute approximate surface area is 192 Å². The number of aromatic nitrogens is 2. The summed E-state index contributed by atoms with van der Waals surface area (Å²) in [6, 6.07) is 0.185. The first-order valence-corrected chi connectivity index (χ1v) is 10.4. The number of amides is 1. The predicted molar refractivity (Wildman–Crippen MR) is 129 cm³/mol. The zero-order valence-electron chi connectivity index (χ0n) is 18.8. The quantitative estimate of drug-likeness (QED) is 0.324. The fraction of sp³-hybridized carbons (Fsp3) is 0.750. The second kappa shape index (κ2) is 12.4. The van der Waals surface area contributed by atoms with Gasteiger partial charge in [-0.15, -0.1) is 24.0 Å². The number of carbonyl (C=O) groups is 1. The summed E-state index contributed by atoms with van der Waals surface area (Å²) in [5, 5.41) is 11.1. The number of nitrogens with zero attached hydrogens (tertiary/aromatic N) is 5. The Morgan fingerprint density at radius 1 is 1.17 bits per heavy atom. The van der Waals surface area contributed by atoms with E-state index in [1.807, 2.05) is 32.6 Å². The maximum atomic E-state index is 12.0. The molecule has 2 N–H and O–H groups in total. The van der Waals surface area contributed by atoms with E-state index in [-0.39, 0.29) is 35.9 Å². The van der Waals surface area contributed by atoms with Crippen LogP contribution < -0.4 is 10.6 Å². The normalized spacial score (nSPS) is 15.4. The topological polar surface area (TPSA) is 77.8 Å². The lowest BCUT2D eigenvalue weighted by atomic mass is 10.1. The lowest BCUT2D eigenvalue weighted by molar-refractivity contribution is -0.123. The van der Waals surface area contributed by atoms with Crippen LogP contribution in [0.5, 0.6) is 0 Å². The van der Waals surface area contributed by atoms with Crippen LogP contribution in [0.15, 0.2) is 4.99 Å². The van der Waals surface area contributed by atoms with Crippen molar-refractivity contribution in [2.75, 3.05) is 39.8 Å². The number of aliphatic imine (C=N–C) groups is 1. The first-order valence-electron chi connectivity index (χ1n) is 10.4. The van der Waals surface area contributed by atoms with Gasteiger partial charge in [-0.2, -0.15) is 5.10 Å². The van der Waals surface area contributed by atoms with Gasteiger partial charge in [-0.05, 0) is 26.7 Å². The molecule has 0 spiro atoms. The van der Waals surface area contributed by atoms with E-state index < -0.39 is 0 Å². The van der Waals surface area contributed by atoms with Gasteiger partial charge in [0.2, 0.25) is 5.91 Å². The number of piperazine rings is 1. The fourth-order valence-electron chi connectivity index (χ4n) is 3.78. The molecule has 29 heavy (non-hydrogen) atoms. The van der Waals surface area contributed by atoms with Gasteiger partial charge in [0.25, 0.3) is 0 Å². The number of hydrogen-bond acceptors (Lipinski definition) is 4. The Morgan fingerprint density at radius 2 is 1.83 bits per heavy atom. The van der Waals surface area contributed by atoms with Gasteiger partial charge in [0.05, 0.1) is 12.2 Å². The van der Waals surface area contributed by atoms with Crippen LogP contribution in [0.2, 0.25) is 0 Å². The molecule has 0 saturated carbocycles. The number of aryl methyl sites for hydroxylation is 2. The predicted octanol–water partition coefficient (Wildman–Crippen LogP) is 1.38. The van der Waals surface area contributed by atoms with Gasteiger partial charge in [-0.3, -0.25) is 19.4 Å². The smallest absolute Gasteiger partial charge is 0.234 e. The van der Waals surface area contributed by atoms with Gasteiger partial charge in [-0.1, -0.05) is 13.8 Å². The van der Waals surface area contributed by atoms with Gasteiger partial charge in [-0.25, -0.2) is 0 Å². The van der Waals surface area contributed by atoms with Crippen molar-refractivity contribution in [2.45, 2.75) is 53.1 Å². The molecule has 166 valence electrons. The van der Waals surface area contributed by atoms with Crippen molar-refractivity contribution in [3.63, 3.8) is 0 Å². The molecule has 1 fully saturated rings. The van der Waals surface area contributed by atoms with Crippen LogP contribution in [0.3, 0.4) is 0 Å². The van der Waals surface area contributed by atoms with E-state index in [0.717, 1.165) is 57.2 Å². The van der Waals surface area contributed by atoms with E-state index in [4.69, 9.17) is 0 Å². The molecular formula is C20H38IN7O. The molecule has 2 rings (SSSR count). The number of rotatable bonds is 7. The third kappa shape index (κ3) is 7.13. The van der Waals surface area contributed by atoms with E-state index in [9.17, 15) is 4.79 Å². The minimum Gasteiger partial charge on any atom is -0.353 e. The molecule has 0 radical (unpaired) electrons. The molecule has 2 heterocycles. The third-order valence-corrected chi connectivity index (χ3v) is 5.15. The van der Waals surface area contributed by atoms with Gasteiger partial charge in [0.15, 0.2) is 5.96 Å². The number of carbonyl (C=O) groups excluding carboxylic acids is 1. The molecule has 0 aromatic carbocycles. The van der Waals surface area contributed by atoms with Crippen molar-refractivity contribution in [3.05, 3.63) is 17.0 Å². The molecule has 0 atom stereocenters. The SMILES string of the molecule is CCc1nn(C)c(CC)c1CNC(=NC)N1CCN(CC(=O)NC(C)C)CC1.I. The largest absolute Gasteiger partial charge is 0.353 e. The first-order chi connectivity index (χ1) is 13.4. The van der Waals surface area contributed by atoms with E-state index in [1.165, 1.54) is 11.3 Å². The zero-order chi connectivity index (χ0) is 20.7. The molecule has 1 aromatic rings. The number of hydrogen-bond donors (Lipinski definition) is 2. The summed E-state index contributed by atoms with van der Waals surface area (Å²) in [6.45, 7) is 12.9. The van der Waals surface area contributed by atoms with E-state index in [0.29, 0.717) is 6.54 Å². The zero-order valence-corrected chi connectivity index (χ0v) is 21.1. The number of nitrogens with one attached hydrogen (secondary N) is 2. The summed E-state index contributed by atoms with van der Waals surface area (Å²) in [5.41, 5.74) is 3.72. The molecule has 0 aliphatic carbocycles. The summed E-state index contributed by atoms with van der Waals surface area (Å²) < 4.78 is 2.00. The maximum absolute atomic E-state index is 12.0. The second-order valence-electron chi connectivity index (χ2n) is 7.59. The molecule has 1 aliphatic heterocycles. The summed E-state index contributed by atoms with van der Waals surface area (Å²) in [7, 11) is 3.85. The molecule has 9 heteroatoms. The highest BCUT2D eigenvalue weighted by atomic mass is 127. The molecule has 1 amide bonds. The Kier molecular flexibility index (Phi) is 10.9. The Bertz CT molecular complexity index is 679.